The topological polar surface area (TPSA) is 0 Å². The summed E-state index contributed by atoms with van der Waals surface area (Å²) in [6, 6.07) is 22.3. The molecule has 0 aliphatic heterocycles. The first kappa shape index (κ1) is 12.4. The average molecular weight is 270 g/mol. The molecule has 0 saturated heterocycles. The van der Waals surface area contributed by atoms with Crippen molar-refractivity contribution in [3.63, 3.8) is 0 Å². The molecule has 0 amide bonds. The molecule has 0 radical (unpaired) electrons. The standard InChI is InChI=1S/C21H18/c1-14-10-15(2)12-17(11-14)19-8-5-9-20-18-7-4-3-6-16(18)13-21(19)20/h3-12H,13H2,1-2H3. The first-order valence-corrected chi connectivity index (χ1v) is 7.51. The predicted octanol–water partition coefficient (Wildman–Crippen LogP) is 5.54. The fraction of sp³-hybridized carbons (Fsp3) is 0.143. The Kier molecular flexibility index (Phi) is 2.71. The molecule has 0 unspecified atom stereocenters. The number of hydrogen-bond acceptors (Lipinski definition) is 0. The Balaban J connectivity index is 1.94. The van der Waals surface area contributed by atoms with Gasteiger partial charge in [0.25, 0.3) is 0 Å². The molecule has 0 aromatic heterocycles. The van der Waals surface area contributed by atoms with Crippen LogP contribution in [0.5, 0.6) is 0 Å². The van der Waals surface area contributed by atoms with Crippen molar-refractivity contribution in [3.8, 4) is 22.3 Å². The van der Waals surface area contributed by atoms with Gasteiger partial charge in [-0.1, -0.05) is 71.8 Å². The number of hydrogen-bond donors (Lipinski definition) is 0. The first-order chi connectivity index (χ1) is 10.2. The molecule has 0 heterocycles. The van der Waals surface area contributed by atoms with E-state index in [1.54, 1.807) is 0 Å². The van der Waals surface area contributed by atoms with Crippen LogP contribution in [0.1, 0.15) is 22.3 Å². The highest BCUT2D eigenvalue weighted by Gasteiger charge is 2.20. The van der Waals surface area contributed by atoms with Crippen molar-refractivity contribution in [3.05, 3.63) is 82.9 Å². The maximum atomic E-state index is 2.30. The summed E-state index contributed by atoms with van der Waals surface area (Å²) < 4.78 is 0. The van der Waals surface area contributed by atoms with Gasteiger partial charge in [-0.15, -0.1) is 0 Å². The monoisotopic (exact) mass is 270 g/mol. The van der Waals surface area contributed by atoms with Crippen LogP contribution < -0.4 is 0 Å². The van der Waals surface area contributed by atoms with Crippen LogP contribution in [0.25, 0.3) is 22.3 Å². The van der Waals surface area contributed by atoms with E-state index in [1.165, 1.54) is 44.5 Å². The summed E-state index contributed by atoms with van der Waals surface area (Å²) in [4.78, 5) is 0. The van der Waals surface area contributed by atoms with Gasteiger partial charge in [0.15, 0.2) is 0 Å². The van der Waals surface area contributed by atoms with Crippen molar-refractivity contribution in [1.29, 1.82) is 0 Å². The summed E-state index contributed by atoms with van der Waals surface area (Å²) in [7, 11) is 0. The van der Waals surface area contributed by atoms with Gasteiger partial charge in [0.2, 0.25) is 0 Å². The smallest absolute Gasteiger partial charge is 0.000729 e. The molecule has 1 aliphatic carbocycles. The highest BCUT2D eigenvalue weighted by molar-refractivity contribution is 5.84. The average Bonchev–Trinajstić information content (AvgIpc) is 2.84. The van der Waals surface area contributed by atoms with Gasteiger partial charge >= 0.3 is 0 Å². The molecule has 0 saturated carbocycles. The molecular formula is C21H18. The summed E-state index contributed by atoms with van der Waals surface area (Å²) in [5.41, 5.74) is 11.1. The second-order valence-corrected chi connectivity index (χ2v) is 6.04. The second-order valence-electron chi connectivity index (χ2n) is 6.04. The van der Waals surface area contributed by atoms with Gasteiger partial charge in [-0.2, -0.15) is 0 Å². The van der Waals surface area contributed by atoms with Crippen molar-refractivity contribution < 1.29 is 0 Å². The summed E-state index contributed by atoms with van der Waals surface area (Å²) in [5, 5.41) is 0. The van der Waals surface area contributed by atoms with Gasteiger partial charge in [-0.3, -0.25) is 0 Å². The van der Waals surface area contributed by atoms with Gasteiger partial charge in [0, 0.05) is 0 Å². The minimum Gasteiger partial charge on any atom is -0.0619 e. The third kappa shape index (κ3) is 1.99. The minimum absolute atomic E-state index is 1.05. The van der Waals surface area contributed by atoms with Crippen LogP contribution in [0.3, 0.4) is 0 Å². The Morgan fingerprint density at radius 1 is 0.667 bits per heavy atom. The van der Waals surface area contributed by atoms with Crippen molar-refractivity contribution in [2.45, 2.75) is 20.3 Å². The molecule has 0 spiro atoms. The van der Waals surface area contributed by atoms with E-state index in [0.29, 0.717) is 0 Å². The van der Waals surface area contributed by atoms with E-state index >= 15 is 0 Å². The van der Waals surface area contributed by atoms with Gasteiger partial charge in [-0.25, -0.2) is 0 Å². The lowest BCUT2D eigenvalue weighted by Crippen LogP contribution is -1.89. The van der Waals surface area contributed by atoms with Crippen LogP contribution in [0.4, 0.5) is 0 Å². The molecule has 0 nitrogen and oxygen atoms in total. The summed E-state index contributed by atoms with van der Waals surface area (Å²) in [6.07, 6.45) is 1.05. The molecule has 0 bridgehead atoms. The maximum absolute atomic E-state index is 2.30. The zero-order valence-corrected chi connectivity index (χ0v) is 12.5. The molecule has 0 heteroatoms. The summed E-state index contributed by atoms with van der Waals surface area (Å²) >= 11 is 0. The summed E-state index contributed by atoms with van der Waals surface area (Å²) in [5.74, 6) is 0. The van der Waals surface area contributed by atoms with Crippen molar-refractivity contribution >= 4 is 0 Å². The normalized spacial score (nSPS) is 12.1. The van der Waals surface area contributed by atoms with E-state index in [2.05, 4.69) is 74.5 Å². The Hall–Kier alpha value is -2.34. The van der Waals surface area contributed by atoms with Gasteiger partial charge in [0.05, 0.1) is 0 Å². The van der Waals surface area contributed by atoms with Crippen LogP contribution in [0, 0.1) is 13.8 Å². The zero-order chi connectivity index (χ0) is 14.4. The zero-order valence-electron chi connectivity index (χ0n) is 12.5. The molecule has 0 fully saturated rings. The van der Waals surface area contributed by atoms with E-state index in [1.807, 2.05) is 0 Å². The van der Waals surface area contributed by atoms with Gasteiger partial charge in [0.1, 0.15) is 0 Å². The fourth-order valence-corrected chi connectivity index (χ4v) is 3.56. The Labute approximate surface area is 126 Å². The van der Waals surface area contributed by atoms with Crippen LogP contribution in [-0.4, -0.2) is 0 Å². The lowest BCUT2D eigenvalue weighted by molar-refractivity contribution is 1.26. The lowest BCUT2D eigenvalue weighted by Gasteiger charge is -2.11. The van der Waals surface area contributed by atoms with E-state index in [4.69, 9.17) is 0 Å². The van der Waals surface area contributed by atoms with E-state index in [9.17, 15) is 0 Å². The largest absolute Gasteiger partial charge is 0.0619 e. The molecule has 4 rings (SSSR count). The predicted molar refractivity (Wildman–Crippen MR) is 89.6 cm³/mol. The molecule has 102 valence electrons. The van der Waals surface area contributed by atoms with E-state index in [-0.39, 0.29) is 0 Å². The maximum Gasteiger partial charge on any atom is -0.000729 e. The second kappa shape index (κ2) is 4.60. The minimum atomic E-state index is 1.05. The molecule has 1 aliphatic rings. The van der Waals surface area contributed by atoms with Crippen LogP contribution in [-0.2, 0) is 6.42 Å². The Bertz CT molecular complexity index is 820. The number of rotatable bonds is 1. The lowest BCUT2D eigenvalue weighted by atomic mass is 9.94. The van der Waals surface area contributed by atoms with Crippen LogP contribution >= 0.6 is 0 Å². The van der Waals surface area contributed by atoms with Crippen molar-refractivity contribution in [1.82, 2.24) is 0 Å². The number of aryl methyl sites for hydroxylation is 2. The van der Waals surface area contributed by atoms with Crippen LogP contribution in [0.2, 0.25) is 0 Å². The molecule has 21 heavy (non-hydrogen) atoms. The highest BCUT2D eigenvalue weighted by Crippen LogP contribution is 2.41. The fourth-order valence-electron chi connectivity index (χ4n) is 3.56. The quantitative estimate of drug-likeness (QED) is 0.426. The van der Waals surface area contributed by atoms with E-state index < -0.39 is 0 Å². The molecule has 3 aromatic rings. The number of benzene rings is 3. The molecule has 0 atom stereocenters. The Morgan fingerprint density at radius 3 is 2.14 bits per heavy atom. The highest BCUT2D eigenvalue weighted by atomic mass is 14.2. The number of fused-ring (bicyclic) bond motifs is 3. The van der Waals surface area contributed by atoms with Crippen molar-refractivity contribution in [2.75, 3.05) is 0 Å². The Morgan fingerprint density at radius 2 is 1.33 bits per heavy atom. The third-order valence-electron chi connectivity index (χ3n) is 4.38. The third-order valence-corrected chi connectivity index (χ3v) is 4.38. The molecule has 0 N–H and O–H groups in total. The SMILES string of the molecule is Cc1cc(C)cc(-c2cccc3c2Cc2ccccc2-3)c1. The van der Waals surface area contributed by atoms with Crippen LogP contribution in [0.15, 0.2) is 60.7 Å². The van der Waals surface area contributed by atoms with E-state index in [0.717, 1.165) is 6.42 Å². The molecular weight excluding hydrogens is 252 g/mol. The molecule has 3 aromatic carbocycles. The summed E-state index contributed by atoms with van der Waals surface area (Å²) in [6.45, 7) is 4.35. The first-order valence-electron chi connectivity index (χ1n) is 7.51. The van der Waals surface area contributed by atoms with Gasteiger partial charge in [-0.05, 0) is 53.6 Å². The van der Waals surface area contributed by atoms with Gasteiger partial charge < -0.3 is 0 Å². The van der Waals surface area contributed by atoms with Crippen molar-refractivity contribution in [2.24, 2.45) is 0 Å².